The SMILES string of the molecule is O=C(NCC1CCCCC1)c1ccc(-c2cccnc2)o1. The van der Waals surface area contributed by atoms with Crippen LogP contribution in [0.1, 0.15) is 42.7 Å². The minimum Gasteiger partial charge on any atom is -0.451 e. The van der Waals surface area contributed by atoms with Crippen LogP contribution in [0.4, 0.5) is 0 Å². The van der Waals surface area contributed by atoms with Crippen LogP contribution in [0.5, 0.6) is 0 Å². The zero-order valence-electron chi connectivity index (χ0n) is 12.0. The highest BCUT2D eigenvalue weighted by Gasteiger charge is 2.16. The van der Waals surface area contributed by atoms with Crippen LogP contribution in [0, 0.1) is 5.92 Å². The zero-order valence-corrected chi connectivity index (χ0v) is 12.0. The largest absolute Gasteiger partial charge is 0.451 e. The number of aromatic nitrogens is 1. The Hall–Kier alpha value is -2.10. The third-order valence-corrected chi connectivity index (χ3v) is 4.05. The van der Waals surface area contributed by atoms with Gasteiger partial charge in [-0.1, -0.05) is 19.3 Å². The van der Waals surface area contributed by atoms with Crippen molar-refractivity contribution in [3.8, 4) is 11.3 Å². The average molecular weight is 284 g/mol. The summed E-state index contributed by atoms with van der Waals surface area (Å²) in [5.41, 5.74) is 0.879. The molecule has 0 atom stereocenters. The summed E-state index contributed by atoms with van der Waals surface area (Å²) >= 11 is 0. The lowest BCUT2D eigenvalue weighted by molar-refractivity contribution is 0.0916. The van der Waals surface area contributed by atoms with Gasteiger partial charge in [0.15, 0.2) is 5.76 Å². The van der Waals surface area contributed by atoms with E-state index in [1.54, 1.807) is 18.5 Å². The van der Waals surface area contributed by atoms with Crippen molar-refractivity contribution in [1.29, 1.82) is 0 Å². The van der Waals surface area contributed by atoms with Crippen molar-refractivity contribution < 1.29 is 9.21 Å². The molecule has 0 aliphatic heterocycles. The predicted molar refractivity (Wildman–Crippen MR) is 80.8 cm³/mol. The van der Waals surface area contributed by atoms with Crippen LogP contribution < -0.4 is 5.32 Å². The number of carbonyl (C=O) groups is 1. The van der Waals surface area contributed by atoms with E-state index in [4.69, 9.17) is 4.42 Å². The normalized spacial score (nSPS) is 15.8. The van der Waals surface area contributed by atoms with Crippen molar-refractivity contribution in [3.05, 3.63) is 42.4 Å². The molecule has 1 fully saturated rings. The van der Waals surface area contributed by atoms with Gasteiger partial charge < -0.3 is 9.73 Å². The van der Waals surface area contributed by atoms with Gasteiger partial charge in [0.1, 0.15) is 5.76 Å². The van der Waals surface area contributed by atoms with E-state index in [2.05, 4.69) is 10.3 Å². The minimum atomic E-state index is -0.129. The third kappa shape index (κ3) is 3.51. The number of rotatable bonds is 4. The number of hydrogen-bond donors (Lipinski definition) is 1. The van der Waals surface area contributed by atoms with E-state index in [-0.39, 0.29) is 5.91 Å². The van der Waals surface area contributed by atoms with Crippen LogP contribution in [0.2, 0.25) is 0 Å². The second-order valence-electron chi connectivity index (χ2n) is 5.62. The summed E-state index contributed by atoms with van der Waals surface area (Å²) in [6.45, 7) is 0.752. The standard InChI is InChI=1S/C17H20N2O2/c20-17(19-11-13-5-2-1-3-6-13)16-9-8-15(21-16)14-7-4-10-18-12-14/h4,7-10,12-13H,1-3,5-6,11H2,(H,19,20). The monoisotopic (exact) mass is 284 g/mol. The van der Waals surface area contributed by atoms with E-state index in [1.807, 2.05) is 18.2 Å². The Labute approximate surface area is 124 Å². The van der Waals surface area contributed by atoms with Crippen molar-refractivity contribution in [2.24, 2.45) is 5.92 Å². The fourth-order valence-electron chi connectivity index (χ4n) is 2.84. The first kappa shape index (κ1) is 13.9. The van der Waals surface area contributed by atoms with Crippen LogP contribution >= 0.6 is 0 Å². The molecule has 0 radical (unpaired) electrons. The van der Waals surface area contributed by atoms with Gasteiger partial charge in [-0.15, -0.1) is 0 Å². The van der Waals surface area contributed by atoms with Crippen molar-refractivity contribution >= 4 is 5.91 Å². The van der Waals surface area contributed by atoms with Crippen LogP contribution in [-0.2, 0) is 0 Å². The third-order valence-electron chi connectivity index (χ3n) is 4.05. The van der Waals surface area contributed by atoms with Crippen LogP contribution in [0.25, 0.3) is 11.3 Å². The second kappa shape index (κ2) is 6.57. The van der Waals surface area contributed by atoms with Gasteiger partial charge in [0.05, 0.1) is 0 Å². The number of pyridine rings is 1. The molecule has 0 aromatic carbocycles. The molecule has 1 saturated carbocycles. The van der Waals surface area contributed by atoms with Gasteiger partial charge in [0.25, 0.3) is 5.91 Å². The molecule has 21 heavy (non-hydrogen) atoms. The fraction of sp³-hybridized carbons (Fsp3) is 0.412. The summed E-state index contributed by atoms with van der Waals surface area (Å²) in [6.07, 6.45) is 9.78. The van der Waals surface area contributed by atoms with E-state index in [9.17, 15) is 4.79 Å². The smallest absolute Gasteiger partial charge is 0.287 e. The quantitative estimate of drug-likeness (QED) is 0.932. The first-order valence-electron chi connectivity index (χ1n) is 7.61. The number of carbonyl (C=O) groups excluding carboxylic acids is 1. The molecule has 0 saturated heterocycles. The number of furan rings is 1. The van der Waals surface area contributed by atoms with Crippen molar-refractivity contribution in [1.82, 2.24) is 10.3 Å². The van der Waals surface area contributed by atoms with Gasteiger partial charge in [-0.25, -0.2) is 0 Å². The first-order chi connectivity index (χ1) is 10.3. The molecule has 0 bridgehead atoms. The highest BCUT2D eigenvalue weighted by atomic mass is 16.3. The molecule has 3 rings (SSSR count). The van der Waals surface area contributed by atoms with E-state index >= 15 is 0 Å². The summed E-state index contributed by atoms with van der Waals surface area (Å²) < 4.78 is 5.62. The number of amides is 1. The predicted octanol–water partition coefficient (Wildman–Crippen LogP) is 3.65. The Balaban J connectivity index is 1.59. The zero-order chi connectivity index (χ0) is 14.5. The van der Waals surface area contributed by atoms with Crippen molar-refractivity contribution in [3.63, 3.8) is 0 Å². The molecule has 1 aliphatic rings. The molecular formula is C17H20N2O2. The molecule has 2 heterocycles. The van der Waals surface area contributed by atoms with Crippen LogP contribution in [0.3, 0.4) is 0 Å². The Kier molecular flexibility index (Phi) is 4.34. The lowest BCUT2D eigenvalue weighted by Gasteiger charge is -2.21. The number of nitrogens with one attached hydrogen (secondary N) is 1. The highest BCUT2D eigenvalue weighted by molar-refractivity contribution is 5.92. The molecule has 0 spiro atoms. The van der Waals surface area contributed by atoms with E-state index in [0.717, 1.165) is 12.1 Å². The number of hydrogen-bond acceptors (Lipinski definition) is 3. The summed E-state index contributed by atoms with van der Waals surface area (Å²) in [6, 6.07) is 7.29. The van der Waals surface area contributed by atoms with Gasteiger partial charge in [0.2, 0.25) is 0 Å². The maximum atomic E-state index is 12.1. The van der Waals surface area contributed by atoms with E-state index in [1.165, 1.54) is 32.1 Å². The van der Waals surface area contributed by atoms with Gasteiger partial charge >= 0.3 is 0 Å². The number of nitrogens with zero attached hydrogens (tertiary/aromatic N) is 1. The fourth-order valence-corrected chi connectivity index (χ4v) is 2.84. The molecule has 0 unspecified atom stereocenters. The lowest BCUT2D eigenvalue weighted by Crippen LogP contribution is -2.29. The van der Waals surface area contributed by atoms with Gasteiger partial charge in [-0.05, 0) is 43.0 Å². The summed E-state index contributed by atoms with van der Waals surface area (Å²) in [4.78, 5) is 16.2. The average Bonchev–Trinajstić information content (AvgIpc) is 3.04. The summed E-state index contributed by atoms with van der Waals surface area (Å²) in [5, 5.41) is 2.99. The second-order valence-corrected chi connectivity index (χ2v) is 5.62. The molecule has 1 N–H and O–H groups in total. The first-order valence-corrected chi connectivity index (χ1v) is 7.61. The molecule has 110 valence electrons. The van der Waals surface area contributed by atoms with Gasteiger partial charge in [-0.3, -0.25) is 9.78 Å². The molecule has 4 heteroatoms. The maximum absolute atomic E-state index is 12.1. The lowest BCUT2D eigenvalue weighted by atomic mass is 9.89. The Morgan fingerprint density at radius 1 is 1.24 bits per heavy atom. The van der Waals surface area contributed by atoms with E-state index in [0.29, 0.717) is 17.4 Å². The minimum absolute atomic E-state index is 0.129. The molecule has 2 aromatic rings. The summed E-state index contributed by atoms with van der Waals surface area (Å²) in [7, 11) is 0. The highest BCUT2D eigenvalue weighted by Crippen LogP contribution is 2.23. The van der Waals surface area contributed by atoms with Crippen molar-refractivity contribution in [2.75, 3.05) is 6.54 Å². The van der Waals surface area contributed by atoms with Gasteiger partial charge in [-0.2, -0.15) is 0 Å². The summed E-state index contributed by atoms with van der Waals surface area (Å²) in [5.74, 6) is 1.53. The van der Waals surface area contributed by atoms with E-state index < -0.39 is 0 Å². The van der Waals surface area contributed by atoms with Gasteiger partial charge in [0, 0.05) is 24.5 Å². The Bertz CT molecular complexity index is 586. The van der Waals surface area contributed by atoms with Crippen LogP contribution in [0.15, 0.2) is 41.1 Å². The molecule has 2 aromatic heterocycles. The molecular weight excluding hydrogens is 264 g/mol. The maximum Gasteiger partial charge on any atom is 0.287 e. The molecule has 1 amide bonds. The topological polar surface area (TPSA) is 55.1 Å². The van der Waals surface area contributed by atoms with Crippen molar-refractivity contribution in [2.45, 2.75) is 32.1 Å². The van der Waals surface area contributed by atoms with Crippen LogP contribution in [-0.4, -0.2) is 17.4 Å². The molecule has 4 nitrogen and oxygen atoms in total. The Morgan fingerprint density at radius 2 is 2.10 bits per heavy atom. The Morgan fingerprint density at radius 3 is 2.86 bits per heavy atom. The molecule has 1 aliphatic carbocycles.